The van der Waals surface area contributed by atoms with Crippen molar-refractivity contribution in [3.8, 4) is 11.5 Å². The Morgan fingerprint density at radius 1 is 1.08 bits per heavy atom. The summed E-state index contributed by atoms with van der Waals surface area (Å²) in [4.78, 5) is 11.2. The summed E-state index contributed by atoms with van der Waals surface area (Å²) in [5.74, 6) is 0.829. The molecule has 2 aromatic rings. The molecule has 0 bridgehead atoms. The summed E-state index contributed by atoms with van der Waals surface area (Å²) in [7, 11) is 0. The smallest absolute Gasteiger partial charge is 0.248 e. The first-order valence-corrected chi connectivity index (χ1v) is 8.59. The second kappa shape index (κ2) is 7.57. The fourth-order valence-electron chi connectivity index (χ4n) is 3.23. The third-order valence-corrected chi connectivity index (χ3v) is 4.28. The van der Waals surface area contributed by atoms with Crippen molar-refractivity contribution in [2.45, 2.75) is 44.9 Å². The Morgan fingerprint density at radius 3 is 2.40 bits per heavy atom. The number of ether oxygens (including phenoxy) is 2. The van der Waals surface area contributed by atoms with Crippen LogP contribution < -0.4 is 15.8 Å². The van der Waals surface area contributed by atoms with Gasteiger partial charge in [0.15, 0.2) is 0 Å². The first-order valence-electron chi connectivity index (χ1n) is 8.59. The number of nitrogens with two attached hydrogens (primary N) is 1. The lowest BCUT2D eigenvalue weighted by Crippen LogP contribution is -2.36. The van der Waals surface area contributed by atoms with E-state index in [1.165, 1.54) is 0 Å². The van der Waals surface area contributed by atoms with E-state index in [0.717, 1.165) is 18.5 Å². The number of carbonyl (C=O) groups excluding carboxylic acids is 1. The Morgan fingerprint density at radius 2 is 1.76 bits per heavy atom. The zero-order valence-electron chi connectivity index (χ0n) is 14.6. The Hall–Kier alpha value is -2.53. The van der Waals surface area contributed by atoms with E-state index in [2.05, 4.69) is 19.2 Å². The lowest BCUT2D eigenvalue weighted by atomic mass is 9.99. The zero-order chi connectivity index (χ0) is 17.8. The summed E-state index contributed by atoms with van der Waals surface area (Å²) < 4.78 is 11.6. The van der Waals surface area contributed by atoms with Crippen molar-refractivity contribution >= 4 is 11.6 Å². The lowest BCUT2D eigenvalue weighted by Gasteiger charge is -2.33. The van der Waals surface area contributed by atoms with Gasteiger partial charge in [-0.2, -0.15) is 0 Å². The molecule has 5 nitrogen and oxygen atoms in total. The van der Waals surface area contributed by atoms with Crippen LogP contribution in [0.5, 0.6) is 11.5 Å². The van der Waals surface area contributed by atoms with Gasteiger partial charge in [0.25, 0.3) is 0 Å². The minimum Gasteiger partial charge on any atom is -0.457 e. The fourth-order valence-corrected chi connectivity index (χ4v) is 3.23. The summed E-state index contributed by atoms with van der Waals surface area (Å²) in [6, 6.07) is 15.1. The quantitative estimate of drug-likeness (QED) is 0.864. The third-order valence-electron chi connectivity index (χ3n) is 4.28. The molecular formula is C20H24N2O3. The molecule has 1 aliphatic rings. The average molecular weight is 340 g/mol. The first kappa shape index (κ1) is 17.3. The Balaban J connectivity index is 1.62. The number of amides is 1. The van der Waals surface area contributed by atoms with E-state index in [9.17, 15) is 4.79 Å². The molecule has 0 aromatic heterocycles. The average Bonchev–Trinajstić information content (AvgIpc) is 2.56. The number of carbonyl (C=O) groups is 1. The molecule has 0 radical (unpaired) electrons. The number of nitrogens with one attached hydrogen (secondary N) is 1. The molecule has 3 N–H and O–H groups in total. The molecule has 5 heteroatoms. The SMILES string of the molecule is C[C@@H]1CC(Nc2ccc(Oc3cccc(C(N)=O)c3)cc2)C[C@H](C)O1. The van der Waals surface area contributed by atoms with Gasteiger partial charge in [-0.05, 0) is 69.2 Å². The van der Waals surface area contributed by atoms with Crippen molar-refractivity contribution in [1.29, 1.82) is 0 Å². The minimum absolute atomic E-state index is 0.279. The summed E-state index contributed by atoms with van der Waals surface area (Å²) in [5.41, 5.74) is 6.78. The van der Waals surface area contributed by atoms with Gasteiger partial charge in [-0.15, -0.1) is 0 Å². The van der Waals surface area contributed by atoms with Gasteiger partial charge < -0.3 is 20.5 Å². The van der Waals surface area contributed by atoms with Crippen molar-refractivity contribution in [3.63, 3.8) is 0 Å². The van der Waals surface area contributed by atoms with Crippen LogP contribution in [0.2, 0.25) is 0 Å². The van der Waals surface area contributed by atoms with Gasteiger partial charge in [-0.1, -0.05) is 6.07 Å². The van der Waals surface area contributed by atoms with Crippen LogP contribution in [0.4, 0.5) is 5.69 Å². The predicted molar refractivity (Wildman–Crippen MR) is 98.1 cm³/mol. The molecule has 25 heavy (non-hydrogen) atoms. The van der Waals surface area contributed by atoms with E-state index in [1.54, 1.807) is 24.3 Å². The van der Waals surface area contributed by atoms with E-state index >= 15 is 0 Å². The lowest BCUT2D eigenvalue weighted by molar-refractivity contribution is -0.0337. The topological polar surface area (TPSA) is 73.6 Å². The summed E-state index contributed by atoms with van der Waals surface area (Å²) in [6.45, 7) is 4.23. The number of hydrogen-bond acceptors (Lipinski definition) is 4. The molecule has 132 valence electrons. The number of benzene rings is 2. The van der Waals surface area contributed by atoms with Crippen LogP contribution in [0.3, 0.4) is 0 Å². The van der Waals surface area contributed by atoms with Crippen molar-refractivity contribution < 1.29 is 14.3 Å². The molecule has 1 heterocycles. The Kier molecular flexibility index (Phi) is 5.24. The Bertz CT molecular complexity index is 720. The summed E-state index contributed by atoms with van der Waals surface area (Å²) >= 11 is 0. The third kappa shape index (κ3) is 4.73. The van der Waals surface area contributed by atoms with Gasteiger partial charge in [0.1, 0.15) is 11.5 Å². The van der Waals surface area contributed by atoms with Crippen molar-refractivity contribution in [2.24, 2.45) is 5.73 Å². The van der Waals surface area contributed by atoms with Gasteiger partial charge in [0.2, 0.25) is 5.91 Å². The van der Waals surface area contributed by atoms with Gasteiger partial charge in [0, 0.05) is 17.3 Å². The zero-order valence-corrected chi connectivity index (χ0v) is 14.6. The molecule has 3 atom stereocenters. The van der Waals surface area contributed by atoms with Gasteiger partial charge in [-0.3, -0.25) is 4.79 Å². The highest BCUT2D eigenvalue weighted by atomic mass is 16.5. The van der Waals surface area contributed by atoms with Crippen molar-refractivity contribution in [3.05, 3.63) is 54.1 Å². The molecule has 0 spiro atoms. The van der Waals surface area contributed by atoms with Crippen LogP contribution in [0.25, 0.3) is 0 Å². The van der Waals surface area contributed by atoms with E-state index in [4.69, 9.17) is 15.2 Å². The standard InChI is InChI=1S/C20H24N2O3/c1-13-10-17(11-14(2)24-13)22-16-6-8-18(9-7-16)25-19-5-3-4-15(12-19)20(21)23/h3-9,12-14,17,22H,10-11H2,1-2H3,(H2,21,23)/t13-,14+,17?. The molecule has 3 rings (SSSR count). The maximum absolute atomic E-state index is 11.2. The molecule has 1 fully saturated rings. The van der Waals surface area contributed by atoms with Crippen LogP contribution >= 0.6 is 0 Å². The van der Waals surface area contributed by atoms with Gasteiger partial charge in [0.05, 0.1) is 12.2 Å². The maximum atomic E-state index is 11.2. The number of primary amides is 1. The predicted octanol–water partition coefficient (Wildman–Crippen LogP) is 3.95. The molecule has 0 aliphatic carbocycles. The highest BCUT2D eigenvalue weighted by molar-refractivity contribution is 5.93. The van der Waals surface area contributed by atoms with Crippen LogP contribution in [-0.2, 0) is 4.74 Å². The maximum Gasteiger partial charge on any atom is 0.248 e. The minimum atomic E-state index is -0.468. The number of rotatable bonds is 5. The second-order valence-corrected chi connectivity index (χ2v) is 6.59. The van der Waals surface area contributed by atoms with E-state index in [-0.39, 0.29) is 12.2 Å². The molecule has 1 saturated heterocycles. The molecule has 0 saturated carbocycles. The second-order valence-electron chi connectivity index (χ2n) is 6.59. The highest BCUT2D eigenvalue weighted by Gasteiger charge is 2.24. The summed E-state index contributed by atoms with van der Waals surface area (Å²) in [5, 5.41) is 3.56. The molecular weight excluding hydrogens is 316 g/mol. The van der Waals surface area contributed by atoms with E-state index in [0.29, 0.717) is 23.1 Å². The fraction of sp³-hybridized carbons (Fsp3) is 0.350. The van der Waals surface area contributed by atoms with Crippen LogP contribution in [-0.4, -0.2) is 24.2 Å². The Labute approximate surface area is 148 Å². The van der Waals surface area contributed by atoms with Crippen LogP contribution in [0.15, 0.2) is 48.5 Å². The largest absolute Gasteiger partial charge is 0.457 e. The van der Waals surface area contributed by atoms with E-state index < -0.39 is 5.91 Å². The monoisotopic (exact) mass is 340 g/mol. The number of hydrogen-bond donors (Lipinski definition) is 2. The molecule has 1 aliphatic heterocycles. The summed E-state index contributed by atoms with van der Waals surface area (Å²) in [6.07, 6.45) is 2.56. The highest BCUT2D eigenvalue weighted by Crippen LogP contribution is 2.26. The molecule has 1 unspecified atom stereocenters. The van der Waals surface area contributed by atoms with Crippen LogP contribution in [0, 0.1) is 0 Å². The first-order chi connectivity index (χ1) is 12.0. The normalized spacial score (nSPS) is 23.0. The van der Waals surface area contributed by atoms with Gasteiger partial charge >= 0.3 is 0 Å². The number of anilines is 1. The van der Waals surface area contributed by atoms with Crippen LogP contribution in [0.1, 0.15) is 37.0 Å². The molecule has 2 aromatic carbocycles. The van der Waals surface area contributed by atoms with Gasteiger partial charge in [-0.25, -0.2) is 0 Å². The van der Waals surface area contributed by atoms with E-state index in [1.807, 2.05) is 24.3 Å². The van der Waals surface area contributed by atoms with Crippen molar-refractivity contribution in [1.82, 2.24) is 0 Å². The van der Waals surface area contributed by atoms with Crippen molar-refractivity contribution in [2.75, 3.05) is 5.32 Å². The molecule has 1 amide bonds.